The molecule has 8 nitrogen and oxygen atoms in total. The summed E-state index contributed by atoms with van der Waals surface area (Å²) in [7, 11) is -1.89. The second-order valence-corrected chi connectivity index (χ2v) is 12.4. The van der Waals surface area contributed by atoms with Gasteiger partial charge >= 0.3 is 5.97 Å². The lowest BCUT2D eigenvalue weighted by atomic mass is 9.87. The molecule has 0 aliphatic carbocycles. The molecule has 2 heterocycles. The van der Waals surface area contributed by atoms with Gasteiger partial charge in [0.05, 0.1) is 10.8 Å². The molecule has 2 unspecified atom stereocenters. The molecule has 0 aromatic heterocycles. The quantitative estimate of drug-likeness (QED) is 0.166. The highest BCUT2D eigenvalue weighted by atomic mass is 32.2. The number of aromatic hydroxyl groups is 1. The molecule has 1 saturated heterocycles. The number of esters is 1. The molecule has 4 aromatic rings. The Kier molecular flexibility index (Phi) is 8.23. The largest absolute Gasteiger partial charge is 0.508 e. The fourth-order valence-electron chi connectivity index (χ4n) is 5.72. The number of ether oxygens (including phenoxy) is 1. The van der Waals surface area contributed by atoms with E-state index in [1.165, 1.54) is 12.1 Å². The minimum Gasteiger partial charge on any atom is -0.508 e. The average molecular weight is 607 g/mol. The molecule has 4 atom stereocenters. The number of nitrogens with two attached hydrogens (primary N) is 1. The van der Waals surface area contributed by atoms with E-state index in [1.807, 2.05) is 66.7 Å². The molecule has 6 rings (SSSR count). The van der Waals surface area contributed by atoms with Crippen LogP contribution in [0.2, 0.25) is 0 Å². The molecule has 4 aromatic carbocycles. The van der Waals surface area contributed by atoms with E-state index in [2.05, 4.69) is 0 Å². The maximum Gasteiger partial charge on any atom is 0.356 e. The number of hydrogen-bond donors (Lipinski definition) is 2. The monoisotopic (exact) mass is 606 g/mol. The standard InChI is InChI=1S/C35H30N2O6S/c36-32-27(20-23-16-18-26(38)19-17-23)30(35(41)43-31(24-12-6-2-7-13-24)25-14-8-3-9-15-25)37-33(40)29(34(37)44(32)42)28(39)21-22-10-4-1-5-11-22/h1-19,29,31-32,34,38H,20-21,36H2/t29-,32?,34-,44?/m1/s1. The normalized spacial score (nSPS) is 21.0. The maximum atomic E-state index is 14.2. The third kappa shape index (κ3) is 5.59. The third-order valence-corrected chi connectivity index (χ3v) is 9.69. The summed E-state index contributed by atoms with van der Waals surface area (Å²) in [4.78, 5) is 42.4. The van der Waals surface area contributed by atoms with Crippen LogP contribution < -0.4 is 5.73 Å². The van der Waals surface area contributed by atoms with Crippen LogP contribution >= 0.6 is 0 Å². The van der Waals surface area contributed by atoms with Crippen molar-refractivity contribution < 1.29 is 28.4 Å². The third-order valence-electron chi connectivity index (χ3n) is 7.94. The first kappa shape index (κ1) is 29.2. The van der Waals surface area contributed by atoms with E-state index in [9.17, 15) is 23.7 Å². The predicted molar refractivity (Wildman–Crippen MR) is 165 cm³/mol. The molecule has 2 aliphatic heterocycles. The van der Waals surface area contributed by atoms with Crippen molar-refractivity contribution in [2.24, 2.45) is 11.7 Å². The minimum absolute atomic E-state index is 0.0119. The summed E-state index contributed by atoms with van der Waals surface area (Å²) in [6.45, 7) is 0. The number of fused-ring (bicyclic) bond motifs is 1. The zero-order valence-electron chi connectivity index (χ0n) is 23.6. The van der Waals surface area contributed by atoms with Crippen molar-refractivity contribution >= 4 is 28.5 Å². The number of ketones is 1. The Bertz CT molecular complexity index is 1700. The first-order valence-electron chi connectivity index (χ1n) is 14.2. The van der Waals surface area contributed by atoms with Gasteiger partial charge in [0.25, 0.3) is 0 Å². The molecular weight excluding hydrogens is 576 g/mol. The fraction of sp³-hybridized carbons (Fsp3) is 0.171. The van der Waals surface area contributed by atoms with Crippen LogP contribution in [0.25, 0.3) is 0 Å². The second-order valence-electron chi connectivity index (χ2n) is 10.8. The lowest BCUT2D eigenvalue weighted by Gasteiger charge is -2.50. The lowest BCUT2D eigenvalue weighted by Crippen LogP contribution is -2.70. The molecule has 222 valence electrons. The summed E-state index contributed by atoms with van der Waals surface area (Å²) >= 11 is 0. The number of rotatable bonds is 9. The Morgan fingerprint density at radius 2 is 1.36 bits per heavy atom. The highest BCUT2D eigenvalue weighted by Gasteiger charge is 2.61. The summed E-state index contributed by atoms with van der Waals surface area (Å²) in [6.07, 6.45) is -0.735. The molecular formula is C35H30N2O6S. The van der Waals surface area contributed by atoms with Gasteiger partial charge in [-0.05, 0) is 46.4 Å². The SMILES string of the molecule is NC1C(Cc2ccc(O)cc2)=C(C(=O)OC(c2ccccc2)c2ccccc2)N2C(=O)[C@@H](C(=O)Cc3ccccc3)[C@H]2S1=O. The Balaban J connectivity index is 1.39. The van der Waals surface area contributed by atoms with Gasteiger partial charge in [0.1, 0.15) is 28.1 Å². The van der Waals surface area contributed by atoms with Gasteiger partial charge in [0.15, 0.2) is 11.9 Å². The molecule has 1 amide bonds. The van der Waals surface area contributed by atoms with Crippen molar-refractivity contribution in [1.82, 2.24) is 4.90 Å². The molecule has 9 heteroatoms. The van der Waals surface area contributed by atoms with E-state index >= 15 is 0 Å². The summed E-state index contributed by atoms with van der Waals surface area (Å²) in [5.74, 6) is -2.94. The van der Waals surface area contributed by atoms with Gasteiger partial charge in [-0.25, -0.2) is 4.79 Å². The topological polar surface area (TPSA) is 127 Å². The van der Waals surface area contributed by atoms with Gasteiger partial charge in [0.2, 0.25) is 5.91 Å². The smallest absolute Gasteiger partial charge is 0.356 e. The molecule has 1 fully saturated rings. The molecule has 0 bridgehead atoms. The van der Waals surface area contributed by atoms with Crippen LogP contribution in [0.15, 0.2) is 127 Å². The zero-order chi connectivity index (χ0) is 30.8. The number of phenols is 1. The van der Waals surface area contributed by atoms with Crippen molar-refractivity contribution in [3.8, 4) is 5.75 Å². The van der Waals surface area contributed by atoms with E-state index in [0.717, 1.165) is 21.6 Å². The molecule has 0 saturated carbocycles. The number of carbonyl (C=O) groups is 3. The average Bonchev–Trinajstić information content (AvgIpc) is 3.04. The van der Waals surface area contributed by atoms with E-state index in [4.69, 9.17) is 10.5 Å². The van der Waals surface area contributed by atoms with Gasteiger partial charge in [-0.15, -0.1) is 0 Å². The van der Waals surface area contributed by atoms with Gasteiger partial charge in [-0.3, -0.25) is 18.7 Å². The number of nitrogens with zero attached hydrogens (tertiary/aromatic N) is 1. The minimum atomic E-state index is -1.89. The van der Waals surface area contributed by atoms with E-state index in [0.29, 0.717) is 5.56 Å². The van der Waals surface area contributed by atoms with Gasteiger partial charge in [0, 0.05) is 6.42 Å². The van der Waals surface area contributed by atoms with Crippen molar-refractivity contribution in [2.45, 2.75) is 29.7 Å². The summed E-state index contributed by atoms with van der Waals surface area (Å²) in [5, 5.41) is 7.55. The van der Waals surface area contributed by atoms with Crippen LogP contribution in [-0.4, -0.2) is 42.6 Å². The van der Waals surface area contributed by atoms with Crippen LogP contribution in [0.3, 0.4) is 0 Å². The highest BCUT2D eigenvalue weighted by Crippen LogP contribution is 2.43. The zero-order valence-corrected chi connectivity index (χ0v) is 24.4. The Hall–Kier alpha value is -4.86. The van der Waals surface area contributed by atoms with Crippen molar-refractivity contribution in [2.75, 3.05) is 0 Å². The number of hydrogen-bond acceptors (Lipinski definition) is 7. The molecule has 2 aliphatic rings. The highest BCUT2D eigenvalue weighted by molar-refractivity contribution is 7.86. The second kappa shape index (κ2) is 12.4. The van der Waals surface area contributed by atoms with Crippen LogP contribution in [0.4, 0.5) is 0 Å². The molecule has 0 spiro atoms. The van der Waals surface area contributed by atoms with E-state index < -0.39 is 45.4 Å². The molecule has 44 heavy (non-hydrogen) atoms. The summed E-state index contributed by atoms with van der Waals surface area (Å²) in [5.41, 5.74) is 9.58. The van der Waals surface area contributed by atoms with Crippen LogP contribution in [0, 0.1) is 5.92 Å². The van der Waals surface area contributed by atoms with Gasteiger partial charge in [-0.1, -0.05) is 103 Å². The van der Waals surface area contributed by atoms with Gasteiger partial charge < -0.3 is 15.6 Å². The Morgan fingerprint density at radius 1 is 0.818 bits per heavy atom. The van der Waals surface area contributed by atoms with E-state index in [-0.39, 0.29) is 35.6 Å². The maximum absolute atomic E-state index is 14.2. The first-order valence-corrected chi connectivity index (χ1v) is 15.5. The number of benzene rings is 4. The van der Waals surface area contributed by atoms with Crippen molar-refractivity contribution in [3.63, 3.8) is 0 Å². The van der Waals surface area contributed by atoms with Crippen molar-refractivity contribution in [1.29, 1.82) is 0 Å². The van der Waals surface area contributed by atoms with Crippen LogP contribution in [-0.2, 0) is 42.8 Å². The summed E-state index contributed by atoms with van der Waals surface area (Å²) < 4.78 is 20.0. The van der Waals surface area contributed by atoms with Crippen molar-refractivity contribution in [3.05, 3.63) is 149 Å². The number of Topliss-reactive ketones (excluding diaryl/α,β-unsaturated/α-hetero) is 1. The number of carbonyl (C=O) groups excluding carboxylic acids is 3. The molecule has 0 radical (unpaired) electrons. The fourth-order valence-corrected chi connectivity index (χ4v) is 7.45. The first-order chi connectivity index (χ1) is 21.3. The number of phenolic OH excluding ortho intramolecular Hbond substituents is 1. The Morgan fingerprint density at radius 3 is 1.93 bits per heavy atom. The predicted octanol–water partition coefficient (Wildman–Crippen LogP) is 4.17. The van der Waals surface area contributed by atoms with Gasteiger partial charge in [-0.2, -0.15) is 0 Å². The van der Waals surface area contributed by atoms with Crippen LogP contribution in [0.1, 0.15) is 28.4 Å². The summed E-state index contributed by atoms with van der Waals surface area (Å²) in [6, 6.07) is 33.8. The lowest BCUT2D eigenvalue weighted by molar-refractivity contribution is -0.159. The van der Waals surface area contributed by atoms with Crippen LogP contribution in [0.5, 0.6) is 5.75 Å². The molecule has 3 N–H and O–H groups in total. The number of amides is 1. The van der Waals surface area contributed by atoms with E-state index in [1.54, 1.807) is 36.4 Å². The number of β-lactam (4-membered cyclic amide) rings is 1. The Labute approximate surface area is 257 Å².